The van der Waals surface area contributed by atoms with Gasteiger partial charge in [0.2, 0.25) is 0 Å². The second-order valence-electron chi connectivity index (χ2n) is 5.08. The monoisotopic (exact) mass is 526 g/mol. The summed E-state index contributed by atoms with van der Waals surface area (Å²) in [4.78, 5) is 1.76. The van der Waals surface area contributed by atoms with Crippen molar-refractivity contribution in [2.24, 2.45) is 0 Å². The second-order valence-corrected chi connectivity index (χ2v) is 10.2. The van der Waals surface area contributed by atoms with Gasteiger partial charge in [0.1, 0.15) is 0 Å². The summed E-state index contributed by atoms with van der Waals surface area (Å²) in [6.07, 6.45) is 1.89. The Balaban J connectivity index is 0.000000444. The van der Waals surface area contributed by atoms with Gasteiger partial charge >= 0.3 is 0 Å². The number of thioether (sulfide) groups is 1. The van der Waals surface area contributed by atoms with Gasteiger partial charge in [0, 0.05) is 13.8 Å². The molecule has 0 aliphatic rings. The number of rotatable bonds is 6. The van der Waals surface area contributed by atoms with Crippen LogP contribution in [0.5, 0.6) is 0 Å². The molecule has 0 amide bonds. The zero-order valence-electron chi connectivity index (χ0n) is 14.7. The van der Waals surface area contributed by atoms with E-state index in [1.807, 2.05) is 18.7 Å². The molecular formula is C18H24Br2O4S2. The minimum atomic E-state index is -3.05. The fourth-order valence-corrected chi connectivity index (χ4v) is 4.40. The standard InChI is InChI=1S/C9H11BrO2S.C9H11BrS.H2O2/c1-2-7-13(11,12)9-5-3-8(10)4-6-9;1-2-7-11-9-5-3-8(10)4-6-9;1-2/h3-6H,2,7H2,1H3;3-6H,2,7H2,1H3;1-2H. The van der Waals surface area contributed by atoms with Gasteiger partial charge in [0.25, 0.3) is 0 Å². The highest BCUT2D eigenvalue weighted by Crippen LogP contribution is 2.20. The van der Waals surface area contributed by atoms with Gasteiger partial charge < -0.3 is 0 Å². The van der Waals surface area contributed by atoms with Gasteiger partial charge in [-0.25, -0.2) is 8.42 Å². The van der Waals surface area contributed by atoms with E-state index in [9.17, 15) is 8.42 Å². The van der Waals surface area contributed by atoms with Crippen LogP contribution < -0.4 is 0 Å². The Morgan fingerprint density at radius 3 is 1.73 bits per heavy atom. The molecule has 0 spiro atoms. The van der Waals surface area contributed by atoms with Crippen LogP contribution in [0.4, 0.5) is 0 Å². The van der Waals surface area contributed by atoms with Crippen LogP contribution in [0.25, 0.3) is 0 Å². The van der Waals surface area contributed by atoms with E-state index in [1.54, 1.807) is 24.3 Å². The fraction of sp³-hybridized carbons (Fsp3) is 0.333. The summed E-state index contributed by atoms with van der Waals surface area (Å²) >= 11 is 8.57. The van der Waals surface area contributed by atoms with E-state index in [1.165, 1.54) is 17.1 Å². The van der Waals surface area contributed by atoms with E-state index >= 15 is 0 Å². The lowest BCUT2D eigenvalue weighted by Gasteiger charge is -2.01. The van der Waals surface area contributed by atoms with Crippen molar-refractivity contribution in [2.75, 3.05) is 11.5 Å². The molecule has 0 saturated heterocycles. The average Bonchev–Trinajstić information content (AvgIpc) is 2.64. The maximum absolute atomic E-state index is 11.5. The third-order valence-electron chi connectivity index (χ3n) is 2.93. The lowest BCUT2D eigenvalue weighted by molar-refractivity contribution is -0.176. The van der Waals surface area contributed by atoms with Crippen molar-refractivity contribution < 1.29 is 18.9 Å². The minimum absolute atomic E-state index is 0.217. The molecular weight excluding hydrogens is 504 g/mol. The highest BCUT2D eigenvalue weighted by molar-refractivity contribution is 9.10. The van der Waals surface area contributed by atoms with Crippen LogP contribution in [0.2, 0.25) is 0 Å². The third-order valence-corrected chi connectivity index (χ3v) is 7.14. The van der Waals surface area contributed by atoms with Crippen LogP contribution in [0, 0.1) is 0 Å². The molecule has 0 aliphatic carbocycles. The predicted molar refractivity (Wildman–Crippen MR) is 117 cm³/mol. The van der Waals surface area contributed by atoms with Gasteiger partial charge in [0.05, 0.1) is 10.6 Å². The van der Waals surface area contributed by atoms with Gasteiger partial charge in [0.15, 0.2) is 9.84 Å². The molecule has 0 heterocycles. The van der Waals surface area contributed by atoms with Gasteiger partial charge in [-0.1, -0.05) is 45.7 Å². The molecule has 2 aromatic rings. The molecule has 0 atom stereocenters. The predicted octanol–water partition coefficient (Wildman–Crippen LogP) is 6.60. The van der Waals surface area contributed by atoms with Crippen molar-refractivity contribution >= 4 is 53.5 Å². The topological polar surface area (TPSA) is 74.6 Å². The minimum Gasteiger partial charge on any atom is -0.255 e. The number of hydrogen-bond acceptors (Lipinski definition) is 5. The lowest BCUT2D eigenvalue weighted by atomic mass is 10.4. The van der Waals surface area contributed by atoms with E-state index in [0.717, 1.165) is 8.95 Å². The van der Waals surface area contributed by atoms with E-state index in [0.29, 0.717) is 11.3 Å². The van der Waals surface area contributed by atoms with Crippen LogP contribution in [0.3, 0.4) is 0 Å². The first-order valence-corrected chi connectivity index (χ1v) is 12.2. The number of benzene rings is 2. The summed E-state index contributed by atoms with van der Waals surface area (Å²) in [5.41, 5.74) is 0. The van der Waals surface area contributed by atoms with Crippen LogP contribution in [-0.2, 0) is 9.84 Å². The van der Waals surface area contributed by atoms with Gasteiger partial charge in [-0.2, -0.15) is 0 Å². The Labute approximate surface area is 177 Å². The van der Waals surface area contributed by atoms with E-state index in [-0.39, 0.29) is 5.75 Å². The summed E-state index contributed by atoms with van der Waals surface area (Å²) in [7, 11) is -3.05. The lowest BCUT2D eigenvalue weighted by Crippen LogP contribution is -2.05. The largest absolute Gasteiger partial charge is 0.255 e. The van der Waals surface area contributed by atoms with Crippen LogP contribution in [0.15, 0.2) is 67.3 Å². The summed E-state index contributed by atoms with van der Waals surface area (Å²) in [6, 6.07) is 15.2. The summed E-state index contributed by atoms with van der Waals surface area (Å²) < 4.78 is 25.1. The zero-order chi connectivity index (χ0) is 20.0. The molecule has 0 aliphatic heterocycles. The quantitative estimate of drug-likeness (QED) is 0.251. The summed E-state index contributed by atoms with van der Waals surface area (Å²) in [5, 5.41) is 12.0. The third kappa shape index (κ3) is 10.7. The van der Waals surface area contributed by atoms with Crippen LogP contribution in [-0.4, -0.2) is 30.4 Å². The molecule has 0 aromatic heterocycles. The Hall–Kier alpha value is -0.380. The van der Waals surface area contributed by atoms with Crippen molar-refractivity contribution in [3.8, 4) is 0 Å². The molecule has 146 valence electrons. The molecule has 8 heteroatoms. The number of sulfone groups is 1. The number of hydrogen-bond donors (Lipinski definition) is 2. The molecule has 2 N–H and O–H groups in total. The van der Waals surface area contributed by atoms with Crippen molar-refractivity contribution in [2.45, 2.75) is 36.5 Å². The smallest absolute Gasteiger partial charge is 0.178 e. The first kappa shape index (κ1) is 25.6. The average molecular weight is 528 g/mol. The molecule has 0 saturated carbocycles. The SMILES string of the molecule is CCCS(=O)(=O)c1ccc(Br)cc1.CCCSc1ccc(Br)cc1.OO. The Morgan fingerprint density at radius 1 is 0.846 bits per heavy atom. The molecule has 0 unspecified atom stereocenters. The fourth-order valence-electron chi connectivity index (χ4n) is 1.78. The van der Waals surface area contributed by atoms with Gasteiger partial charge in [-0.3, -0.25) is 10.5 Å². The van der Waals surface area contributed by atoms with Crippen molar-refractivity contribution in [3.05, 3.63) is 57.5 Å². The van der Waals surface area contributed by atoms with Crippen molar-refractivity contribution in [3.63, 3.8) is 0 Å². The molecule has 4 nitrogen and oxygen atoms in total. The number of halogens is 2. The Kier molecular flexibility index (Phi) is 14.4. The maximum atomic E-state index is 11.5. The van der Waals surface area contributed by atoms with Gasteiger partial charge in [-0.05, 0) is 67.1 Å². The second kappa shape index (κ2) is 14.6. The van der Waals surface area contributed by atoms with Crippen LogP contribution >= 0.6 is 43.6 Å². The molecule has 0 bridgehead atoms. The van der Waals surface area contributed by atoms with Crippen molar-refractivity contribution in [1.29, 1.82) is 0 Å². The molecule has 2 rings (SSSR count). The normalized spacial score (nSPS) is 10.2. The van der Waals surface area contributed by atoms with Crippen molar-refractivity contribution in [1.82, 2.24) is 0 Å². The van der Waals surface area contributed by atoms with Crippen LogP contribution in [0.1, 0.15) is 26.7 Å². The first-order valence-electron chi connectivity index (χ1n) is 7.95. The maximum Gasteiger partial charge on any atom is 0.178 e. The molecule has 0 fully saturated rings. The van der Waals surface area contributed by atoms with E-state index < -0.39 is 9.84 Å². The van der Waals surface area contributed by atoms with E-state index in [2.05, 4.69) is 63.0 Å². The summed E-state index contributed by atoms with van der Waals surface area (Å²) in [5.74, 6) is 1.43. The van der Waals surface area contributed by atoms with Gasteiger partial charge in [-0.15, -0.1) is 11.8 Å². The molecule has 0 radical (unpaired) electrons. The van der Waals surface area contributed by atoms with E-state index in [4.69, 9.17) is 10.5 Å². The zero-order valence-corrected chi connectivity index (χ0v) is 19.5. The molecule has 26 heavy (non-hydrogen) atoms. The molecule has 2 aromatic carbocycles. The first-order chi connectivity index (χ1) is 12.4. The summed E-state index contributed by atoms with van der Waals surface area (Å²) in [6.45, 7) is 4.06. The highest BCUT2D eigenvalue weighted by atomic mass is 79.9. The Bertz CT molecular complexity index is 703. The Morgan fingerprint density at radius 2 is 1.31 bits per heavy atom. The highest BCUT2D eigenvalue weighted by Gasteiger charge is 2.11.